The Bertz CT molecular complexity index is 254. The molecular formula is C9H11IO2. The van der Waals surface area contributed by atoms with Crippen LogP contribution < -0.4 is 0 Å². The van der Waals surface area contributed by atoms with Crippen LogP contribution in [0.15, 0.2) is 24.3 Å². The van der Waals surface area contributed by atoms with Gasteiger partial charge in [0.05, 0.1) is 6.61 Å². The molecule has 3 heteroatoms. The molecule has 1 atom stereocenters. The lowest BCUT2D eigenvalue weighted by Crippen LogP contribution is -2.25. The van der Waals surface area contributed by atoms with Gasteiger partial charge in [0.1, 0.15) is 5.60 Å². The van der Waals surface area contributed by atoms with E-state index in [1.165, 1.54) is 0 Å². The molecule has 2 nitrogen and oxygen atoms in total. The second kappa shape index (κ2) is 3.72. The third kappa shape index (κ3) is 2.18. The standard InChI is InChI=1S/C9H11IO2/c1-9(12,6-11)7-2-4-8(10)5-3-7/h2-5,11-12H,6H2,1H3/t9-/m1/s1. The van der Waals surface area contributed by atoms with Gasteiger partial charge in [-0.25, -0.2) is 0 Å². The van der Waals surface area contributed by atoms with Crippen molar-refractivity contribution in [1.29, 1.82) is 0 Å². The minimum absolute atomic E-state index is 0.256. The van der Waals surface area contributed by atoms with Crippen LogP contribution in [0.3, 0.4) is 0 Å². The molecule has 0 fully saturated rings. The highest BCUT2D eigenvalue weighted by molar-refractivity contribution is 14.1. The molecule has 0 saturated carbocycles. The van der Waals surface area contributed by atoms with Crippen molar-refractivity contribution < 1.29 is 10.2 Å². The Morgan fingerprint density at radius 3 is 2.25 bits per heavy atom. The van der Waals surface area contributed by atoms with E-state index in [1.54, 1.807) is 6.92 Å². The van der Waals surface area contributed by atoms with Crippen LogP contribution in [0.4, 0.5) is 0 Å². The van der Waals surface area contributed by atoms with Gasteiger partial charge in [0, 0.05) is 3.57 Å². The zero-order valence-corrected chi connectivity index (χ0v) is 8.95. The molecular weight excluding hydrogens is 267 g/mol. The lowest BCUT2D eigenvalue weighted by atomic mass is 9.97. The first-order valence-electron chi connectivity index (χ1n) is 3.65. The average molecular weight is 278 g/mol. The number of benzene rings is 1. The van der Waals surface area contributed by atoms with Crippen LogP contribution in [0.1, 0.15) is 12.5 Å². The molecule has 0 aromatic heterocycles. The van der Waals surface area contributed by atoms with E-state index in [0.717, 1.165) is 9.13 Å². The number of aliphatic hydroxyl groups excluding tert-OH is 1. The predicted molar refractivity (Wildman–Crippen MR) is 55.8 cm³/mol. The van der Waals surface area contributed by atoms with Crippen LogP contribution in [0.2, 0.25) is 0 Å². The van der Waals surface area contributed by atoms with Gasteiger partial charge in [-0.3, -0.25) is 0 Å². The fourth-order valence-electron chi connectivity index (χ4n) is 0.900. The lowest BCUT2D eigenvalue weighted by Gasteiger charge is -2.20. The van der Waals surface area contributed by atoms with Crippen LogP contribution in [-0.2, 0) is 5.60 Å². The van der Waals surface area contributed by atoms with Gasteiger partial charge in [-0.1, -0.05) is 12.1 Å². The number of halogens is 1. The van der Waals surface area contributed by atoms with Gasteiger partial charge in [-0.05, 0) is 47.2 Å². The fraction of sp³-hybridized carbons (Fsp3) is 0.333. The first-order chi connectivity index (χ1) is 5.56. The SMILES string of the molecule is C[C@@](O)(CO)c1ccc(I)cc1. The molecule has 0 amide bonds. The van der Waals surface area contributed by atoms with Crippen molar-refractivity contribution in [3.05, 3.63) is 33.4 Å². The normalized spacial score (nSPS) is 15.7. The summed E-state index contributed by atoms with van der Waals surface area (Å²) in [6.45, 7) is 1.34. The van der Waals surface area contributed by atoms with Crippen LogP contribution in [0.25, 0.3) is 0 Å². The number of hydrogen-bond acceptors (Lipinski definition) is 2. The average Bonchev–Trinajstić information content (AvgIpc) is 2.05. The molecule has 0 spiro atoms. The minimum Gasteiger partial charge on any atom is -0.393 e. The van der Waals surface area contributed by atoms with Gasteiger partial charge in [0.2, 0.25) is 0 Å². The van der Waals surface area contributed by atoms with Crippen molar-refractivity contribution >= 4 is 22.6 Å². The first-order valence-corrected chi connectivity index (χ1v) is 4.73. The Hall–Kier alpha value is -0.130. The molecule has 0 unspecified atom stereocenters. The summed E-state index contributed by atoms with van der Waals surface area (Å²) in [5, 5.41) is 18.5. The third-order valence-corrected chi connectivity index (χ3v) is 2.49. The van der Waals surface area contributed by atoms with E-state index >= 15 is 0 Å². The summed E-state index contributed by atoms with van der Waals surface area (Å²) in [5.74, 6) is 0. The molecule has 0 aliphatic heterocycles. The highest BCUT2D eigenvalue weighted by atomic mass is 127. The predicted octanol–water partition coefficient (Wildman–Crippen LogP) is 1.49. The summed E-state index contributed by atoms with van der Waals surface area (Å²) in [4.78, 5) is 0. The van der Waals surface area contributed by atoms with Crippen LogP contribution >= 0.6 is 22.6 Å². The number of aliphatic hydroxyl groups is 2. The second-order valence-corrected chi connectivity index (χ2v) is 4.18. The van der Waals surface area contributed by atoms with Gasteiger partial charge in [0.15, 0.2) is 0 Å². The van der Waals surface area contributed by atoms with E-state index in [2.05, 4.69) is 22.6 Å². The molecule has 1 aromatic carbocycles. The van der Waals surface area contributed by atoms with E-state index < -0.39 is 5.60 Å². The van der Waals surface area contributed by atoms with E-state index in [0.29, 0.717) is 0 Å². The maximum absolute atomic E-state index is 9.63. The van der Waals surface area contributed by atoms with Gasteiger partial charge < -0.3 is 10.2 Å². The molecule has 0 saturated heterocycles. The van der Waals surface area contributed by atoms with Crippen molar-refractivity contribution in [2.24, 2.45) is 0 Å². The summed E-state index contributed by atoms with van der Waals surface area (Å²) < 4.78 is 1.12. The van der Waals surface area contributed by atoms with Crippen molar-refractivity contribution in [3.8, 4) is 0 Å². The maximum Gasteiger partial charge on any atom is 0.110 e. The Morgan fingerprint density at radius 1 is 1.33 bits per heavy atom. The second-order valence-electron chi connectivity index (χ2n) is 2.94. The minimum atomic E-state index is -1.12. The van der Waals surface area contributed by atoms with E-state index in [-0.39, 0.29) is 6.61 Å². The largest absolute Gasteiger partial charge is 0.393 e. The molecule has 0 bridgehead atoms. The summed E-state index contributed by atoms with van der Waals surface area (Å²) in [6.07, 6.45) is 0. The topological polar surface area (TPSA) is 40.5 Å². The molecule has 1 rings (SSSR count). The Labute approximate surface area is 85.4 Å². The van der Waals surface area contributed by atoms with Gasteiger partial charge in [-0.2, -0.15) is 0 Å². The van der Waals surface area contributed by atoms with Gasteiger partial charge in [-0.15, -0.1) is 0 Å². The van der Waals surface area contributed by atoms with Crippen molar-refractivity contribution in [3.63, 3.8) is 0 Å². The monoisotopic (exact) mass is 278 g/mol. The van der Waals surface area contributed by atoms with Crippen LogP contribution in [0.5, 0.6) is 0 Å². The molecule has 0 heterocycles. The van der Waals surface area contributed by atoms with Crippen molar-refractivity contribution in [1.82, 2.24) is 0 Å². The smallest absolute Gasteiger partial charge is 0.110 e. The summed E-state index contributed by atoms with van der Waals surface area (Å²) in [6, 6.07) is 7.44. The summed E-state index contributed by atoms with van der Waals surface area (Å²) >= 11 is 2.19. The third-order valence-electron chi connectivity index (χ3n) is 1.77. The lowest BCUT2D eigenvalue weighted by molar-refractivity contribution is -0.00229. The number of hydrogen-bond donors (Lipinski definition) is 2. The van der Waals surface area contributed by atoms with Crippen molar-refractivity contribution in [2.75, 3.05) is 6.61 Å². The highest BCUT2D eigenvalue weighted by Gasteiger charge is 2.20. The van der Waals surface area contributed by atoms with E-state index in [9.17, 15) is 5.11 Å². The zero-order chi connectivity index (χ0) is 9.19. The maximum atomic E-state index is 9.63. The molecule has 1 aromatic rings. The van der Waals surface area contributed by atoms with E-state index in [1.807, 2.05) is 24.3 Å². The molecule has 12 heavy (non-hydrogen) atoms. The molecule has 0 aliphatic rings. The van der Waals surface area contributed by atoms with Crippen LogP contribution in [-0.4, -0.2) is 16.8 Å². The first kappa shape index (κ1) is 9.95. The highest BCUT2D eigenvalue weighted by Crippen LogP contribution is 2.20. The van der Waals surface area contributed by atoms with Crippen molar-refractivity contribution in [2.45, 2.75) is 12.5 Å². The van der Waals surface area contributed by atoms with E-state index in [4.69, 9.17) is 5.11 Å². The van der Waals surface area contributed by atoms with Crippen LogP contribution in [0, 0.1) is 3.57 Å². The van der Waals surface area contributed by atoms with Gasteiger partial charge in [0.25, 0.3) is 0 Å². The zero-order valence-electron chi connectivity index (χ0n) is 6.79. The molecule has 2 N–H and O–H groups in total. The molecule has 0 radical (unpaired) electrons. The molecule has 66 valence electrons. The Balaban J connectivity index is 2.96. The Morgan fingerprint density at radius 2 is 1.83 bits per heavy atom. The summed E-state index contributed by atoms with van der Waals surface area (Å²) in [5.41, 5.74) is -0.380. The van der Waals surface area contributed by atoms with Gasteiger partial charge >= 0.3 is 0 Å². The molecule has 0 aliphatic carbocycles. The quantitative estimate of drug-likeness (QED) is 0.805. The number of rotatable bonds is 2. The fourth-order valence-corrected chi connectivity index (χ4v) is 1.26. The summed E-state index contributed by atoms with van der Waals surface area (Å²) in [7, 11) is 0. The Kier molecular flexibility index (Phi) is 3.09.